The minimum absolute atomic E-state index is 0.0514. The van der Waals surface area contributed by atoms with Gasteiger partial charge in [-0.05, 0) is 34.1 Å². The number of carbonyl (C=O) groups is 1. The molecule has 1 aromatic carbocycles. The monoisotopic (exact) mass is 312 g/mol. The van der Waals surface area contributed by atoms with Gasteiger partial charge < -0.3 is 15.2 Å². The molecule has 5 nitrogen and oxygen atoms in total. The van der Waals surface area contributed by atoms with E-state index in [1.807, 2.05) is 0 Å². The summed E-state index contributed by atoms with van der Waals surface area (Å²) in [6, 6.07) is 4.76. The number of oxime groups is 1. The number of hydrogen-bond donors (Lipinski definition) is 2. The number of amides is 1. The Hall–Kier alpha value is -1.56. The SMILES string of the molecule is O=C(c1ccc(Br)c(O)c1)N1CCC(=NO)CC1. The van der Waals surface area contributed by atoms with Crippen LogP contribution in [0.25, 0.3) is 0 Å². The standard InChI is InChI=1S/C12H13BrN2O3/c13-10-2-1-8(7-11(10)16)12(17)15-5-3-9(14-18)4-6-15/h1-2,7,16,18H,3-6H2. The van der Waals surface area contributed by atoms with Crippen LogP contribution in [0.5, 0.6) is 5.75 Å². The molecule has 1 heterocycles. The van der Waals surface area contributed by atoms with Gasteiger partial charge in [-0.25, -0.2) is 0 Å². The number of phenols is 1. The Bertz CT molecular complexity index is 492. The van der Waals surface area contributed by atoms with Crippen LogP contribution in [0.2, 0.25) is 0 Å². The Morgan fingerprint density at radius 3 is 2.56 bits per heavy atom. The number of aromatic hydroxyl groups is 1. The number of likely N-dealkylation sites (tertiary alicyclic amines) is 1. The summed E-state index contributed by atoms with van der Waals surface area (Å²) in [6.07, 6.45) is 1.18. The Morgan fingerprint density at radius 2 is 2.00 bits per heavy atom. The second kappa shape index (κ2) is 5.39. The van der Waals surface area contributed by atoms with Crippen LogP contribution in [0.15, 0.2) is 27.8 Å². The highest BCUT2D eigenvalue weighted by molar-refractivity contribution is 9.10. The summed E-state index contributed by atoms with van der Waals surface area (Å²) >= 11 is 3.17. The van der Waals surface area contributed by atoms with E-state index < -0.39 is 0 Å². The van der Waals surface area contributed by atoms with E-state index in [4.69, 9.17) is 5.21 Å². The lowest BCUT2D eigenvalue weighted by atomic mass is 10.1. The fourth-order valence-electron chi connectivity index (χ4n) is 1.90. The second-order valence-corrected chi connectivity index (χ2v) is 4.98. The van der Waals surface area contributed by atoms with Gasteiger partial charge in [-0.1, -0.05) is 5.16 Å². The minimum atomic E-state index is -0.116. The predicted octanol–water partition coefficient (Wildman–Crippen LogP) is 2.22. The number of phenolic OH excluding ortho intramolecular Hbond substituents is 1. The summed E-state index contributed by atoms with van der Waals surface area (Å²) in [4.78, 5) is 13.8. The number of halogens is 1. The molecule has 6 heteroatoms. The van der Waals surface area contributed by atoms with Crippen LogP contribution in [-0.4, -0.2) is 39.9 Å². The van der Waals surface area contributed by atoms with Crippen molar-refractivity contribution in [2.45, 2.75) is 12.8 Å². The van der Waals surface area contributed by atoms with Crippen molar-refractivity contribution in [3.63, 3.8) is 0 Å². The van der Waals surface area contributed by atoms with Crippen LogP contribution in [0.3, 0.4) is 0 Å². The molecule has 1 aliphatic rings. The van der Waals surface area contributed by atoms with E-state index in [0.717, 1.165) is 5.71 Å². The van der Waals surface area contributed by atoms with Crippen molar-refractivity contribution in [2.24, 2.45) is 5.16 Å². The zero-order chi connectivity index (χ0) is 13.1. The predicted molar refractivity (Wildman–Crippen MR) is 70.2 cm³/mol. The van der Waals surface area contributed by atoms with E-state index in [9.17, 15) is 9.90 Å². The molecule has 0 spiro atoms. The van der Waals surface area contributed by atoms with Crippen molar-refractivity contribution in [2.75, 3.05) is 13.1 Å². The smallest absolute Gasteiger partial charge is 0.254 e. The number of piperidine rings is 1. The van der Waals surface area contributed by atoms with Gasteiger partial charge in [-0.2, -0.15) is 0 Å². The molecule has 2 N–H and O–H groups in total. The molecule has 0 radical (unpaired) electrons. The molecule has 96 valence electrons. The molecule has 0 saturated carbocycles. The van der Waals surface area contributed by atoms with Crippen LogP contribution in [-0.2, 0) is 0 Å². The van der Waals surface area contributed by atoms with Gasteiger partial charge in [0.15, 0.2) is 0 Å². The van der Waals surface area contributed by atoms with E-state index in [1.54, 1.807) is 17.0 Å². The maximum atomic E-state index is 12.2. The summed E-state index contributed by atoms with van der Waals surface area (Å²) in [5.41, 5.74) is 1.18. The lowest BCUT2D eigenvalue weighted by Gasteiger charge is -2.27. The van der Waals surface area contributed by atoms with Crippen LogP contribution in [0.4, 0.5) is 0 Å². The zero-order valence-corrected chi connectivity index (χ0v) is 11.2. The van der Waals surface area contributed by atoms with E-state index in [1.165, 1.54) is 6.07 Å². The van der Waals surface area contributed by atoms with Crippen molar-refractivity contribution in [1.29, 1.82) is 0 Å². The molecular formula is C12H13BrN2O3. The molecule has 0 bridgehead atoms. The lowest BCUT2D eigenvalue weighted by molar-refractivity contribution is 0.0753. The number of hydrogen-bond acceptors (Lipinski definition) is 4. The van der Waals surface area contributed by atoms with E-state index >= 15 is 0 Å². The van der Waals surface area contributed by atoms with Crippen molar-refractivity contribution < 1.29 is 15.1 Å². The molecule has 0 aliphatic carbocycles. The number of carbonyl (C=O) groups excluding carboxylic acids is 1. The fraction of sp³-hybridized carbons (Fsp3) is 0.333. The average Bonchev–Trinajstić information content (AvgIpc) is 2.41. The molecule has 0 atom stereocenters. The van der Waals surface area contributed by atoms with Crippen molar-refractivity contribution >= 4 is 27.5 Å². The van der Waals surface area contributed by atoms with Gasteiger partial charge in [-0.3, -0.25) is 4.79 Å². The summed E-state index contributed by atoms with van der Waals surface area (Å²) in [7, 11) is 0. The molecular weight excluding hydrogens is 300 g/mol. The first-order valence-corrected chi connectivity index (χ1v) is 6.38. The van der Waals surface area contributed by atoms with Crippen molar-refractivity contribution in [3.05, 3.63) is 28.2 Å². The molecule has 2 rings (SSSR count). The summed E-state index contributed by atoms with van der Waals surface area (Å²) in [5, 5.41) is 21.4. The van der Waals surface area contributed by atoms with E-state index in [2.05, 4.69) is 21.1 Å². The molecule has 1 aromatic rings. The lowest BCUT2D eigenvalue weighted by Crippen LogP contribution is -2.38. The van der Waals surface area contributed by atoms with Crippen molar-refractivity contribution in [3.8, 4) is 5.75 Å². The maximum absolute atomic E-state index is 12.2. The Labute approximate surface area is 113 Å². The summed E-state index contributed by atoms with van der Waals surface area (Å²) in [6.45, 7) is 1.07. The topological polar surface area (TPSA) is 73.1 Å². The third-order valence-corrected chi connectivity index (χ3v) is 3.63. The van der Waals surface area contributed by atoms with E-state index in [-0.39, 0.29) is 11.7 Å². The van der Waals surface area contributed by atoms with Crippen LogP contribution < -0.4 is 0 Å². The Balaban J connectivity index is 2.10. The second-order valence-electron chi connectivity index (χ2n) is 4.12. The third kappa shape index (κ3) is 2.64. The highest BCUT2D eigenvalue weighted by Crippen LogP contribution is 2.25. The Morgan fingerprint density at radius 1 is 1.33 bits per heavy atom. The number of rotatable bonds is 1. The van der Waals surface area contributed by atoms with Crippen LogP contribution >= 0.6 is 15.9 Å². The maximum Gasteiger partial charge on any atom is 0.254 e. The van der Waals surface area contributed by atoms with Crippen molar-refractivity contribution in [1.82, 2.24) is 4.90 Å². The van der Waals surface area contributed by atoms with Gasteiger partial charge in [-0.15, -0.1) is 0 Å². The molecule has 1 aliphatic heterocycles. The normalized spacial score (nSPS) is 15.6. The molecule has 0 unspecified atom stereocenters. The zero-order valence-electron chi connectivity index (χ0n) is 9.64. The molecule has 1 amide bonds. The first-order valence-electron chi connectivity index (χ1n) is 5.59. The summed E-state index contributed by atoms with van der Waals surface area (Å²) in [5.74, 6) is -0.0646. The van der Waals surface area contributed by atoms with Gasteiger partial charge in [0.05, 0.1) is 10.2 Å². The molecule has 0 aromatic heterocycles. The third-order valence-electron chi connectivity index (χ3n) is 2.96. The fourth-order valence-corrected chi connectivity index (χ4v) is 2.14. The average molecular weight is 313 g/mol. The number of nitrogens with zero attached hydrogens (tertiary/aromatic N) is 2. The quantitative estimate of drug-likeness (QED) is 0.617. The first kappa shape index (κ1) is 12.9. The van der Waals surface area contributed by atoms with Gasteiger partial charge >= 0.3 is 0 Å². The summed E-state index contributed by atoms with van der Waals surface area (Å²) < 4.78 is 0.562. The van der Waals surface area contributed by atoms with Crippen LogP contribution in [0, 0.1) is 0 Å². The van der Waals surface area contributed by atoms with Gasteiger partial charge in [0.1, 0.15) is 5.75 Å². The van der Waals surface area contributed by atoms with Crippen LogP contribution in [0.1, 0.15) is 23.2 Å². The van der Waals surface area contributed by atoms with Gasteiger partial charge in [0.25, 0.3) is 5.91 Å². The highest BCUT2D eigenvalue weighted by Gasteiger charge is 2.21. The Kier molecular flexibility index (Phi) is 3.86. The minimum Gasteiger partial charge on any atom is -0.507 e. The molecule has 1 saturated heterocycles. The van der Waals surface area contributed by atoms with E-state index in [0.29, 0.717) is 36.0 Å². The molecule has 1 fully saturated rings. The van der Waals surface area contributed by atoms with Gasteiger partial charge in [0.2, 0.25) is 0 Å². The largest absolute Gasteiger partial charge is 0.507 e. The number of benzene rings is 1. The van der Waals surface area contributed by atoms with Gasteiger partial charge in [0, 0.05) is 31.5 Å². The highest BCUT2D eigenvalue weighted by atomic mass is 79.9. The first-order chi connectivity index (χ1) is 8.61. The molecule has 18 heavy (non-hydrogen) atoms.